The molecule has 2 aromatic heterocycles. The van der Waals surface area contributed by atoms with Crippen LogP contribution in [0.5, 0.6) is 11.8 Å². The minimum absolute atomic E-state index is 0.461. The number of imidazole rings is 1. The first-order valence-electron chi connectivity index (χ1n) is 5.51. The predicted molar refractivity (Wildman–Crippen MR) is 65.9 cm³/mol. The summed E-state index contributed by atoms with van der Waals surface area (Å²) in [6.07, 6.45) is 4.27. The van der Waals surface area contributed by atoms with E-state index in [1.807, 2.05) is 0 Å². The Morgan fingerprint density at radius 1 is 1.22 bits per heavy atom. The number of rotatable bonds is 6. The second-order valence-corrected chi connectivity index (χ2v) is 3.49. The minimum Gasteiger partial charge on any atom is -0.481 e. The summed E-state index contributed by atoms with van der Waals surface area (Å²) in [6, 6.07) is 1.62. The fraction of sp³-hybridized carbons (Fsp3) is 0.364. The Balaban J connectivity index is 1.95. The van der Waals surface area contributed by atoms with Crippen LogP contribution in [0.2, 0.25) is 0 Å². The third-order valence-electron chi connectivity index (χ3n) is 2.30. The van der Waals surface area contributed by atoms with E-state index in [-0.39, 0.29) is 0 Å². The van der Waals surface area contributed by atoms with Crippen molar-refractivity contribution < 1.29 is 9.47 Å². The van der Waals surface area contributed by atoms with Gasteiger partial charge >= 0.3 is 0 Å². The van der Waals surface area contributed by atoms with Gasteiger partial charge in [-0.3, -0.25) is 0 Å². The molecule has 2 N–H and O–H groups in total. The lowest BCUT2D eigenvalue weighted by Crippen LogP contribution is -2.09. The summed E-state index contributed by atoms with van der Waals surface area (Å²) < 4.78 is 10.1. The highest BCUT2D eigenvalue weighted by Crippen LogP contribution is 2.16. The van der Waals surface area contributed by atoms with Crippen molar-refractivity contribution in [1.29, 1.82) is 0 Å². The molecule has 0 saturated heterocycles. The van der Waals surface area contributed by atoms with Crippen molar-refractivity contribution in [3.63, 3.8) is 0 Å². The van der Waals surface area contributed by atoms with Gasteiger partial charge in [0.25, 0.3) is 0 Å². The second kappa shape index (κ2) is 5.85. The van der Waals surface area contributed by atoms with Crippen LogP contribution in [0, 0.1) is 0 Å². The van der Waals surface area contributed by atoms with E-state index in [0.717, 1.165) is 12.2 Å². The first-order valence-corrected chi connectivity index (χ1v) is 5.51. The van der Waals surface area contributed by atoms with Crippen molar-refractivity contribution in [3.8, 4) is 11.8 Å². The second-order valence-electron chi connectivity index (χ2n) is 3.49. The highest BCUT2D eigenvalue weighted by molar-refractivity contribution is 5.33. The van der Waals surface area contributed by atoms with Crippen LogP contribution < -0.4 is 14.8 Å². The summed E-state index contributed by atoms with van der Waals surface area (Å²) in [5, 5.41) is 3.09. The van der Waals surface area contributed by atoms with Gasteiger partial charge in [-0.2, -0.15) is 9.97 Å². The van der Waals surface area contributed by atoms with Crippen LogP contribution in [-0.4, -0.2) is 40.7 Å². The van der Waals surface area contributed by atoms with Crippen molar-refractivity contribution in [2.75, 3.05) is 26.1 Å². The maximum absolute atomic E-state index is 5.06. The number of nitrogens with one attached hydrogen (secondary N) is 2. The topological polar surface area (TPSA) is 85.0 Å². The van der Waals surface area contributed by atoms with Crippen LogP contribution in [0.1, 0.15) is 5.82 Å². The number of ether oxygens (including phenoxy) is 2. The van der Waals surface area contributed by atoms with Crippen LogP contribution in [0.4, 0.5) is 5.95 Å². The van der Waals surface area contributed by atoms with Crippen molar-refractivity contribution in [3.05, 3.63) is 24.3 Å². The lowest BCUT2D eigenvalue weighted by Gasteiger charge is -2.07. The molecule has 0 amide bonds. The molecule has 0 radical (unpaired) electrons. The van der Waals surface area contributed by atoms with Crippen LogP contribution in [0.3, 0.4) is 0 Å². The van der Waals surface area contributed by atoms with Crippen molar-refractivity contribution in [1.82, 2.24) is 19.9 Å². The Morgan fingerprint density at radius 2 is 1.94 bits per heavy atom. The molecule has 2 heterocycles. The summed E-state index contributed by atoms with van der Waals surface area (Å²) in [4.78, 5) is 15.5. The average Bonchev–Trinajstić information content (AvgIpc) is 2.91. The van der Waals surface area contributed by atoms with Crippen LogP contribution in [0.15, 0.2) is 18.5 Å². The number of nitrogens with zero attached hydrogens (tertiary/aromatic N) is 3. The molecular formula is C11H15N5O2. The van der Waals surface area contributed by atoms with Crippen LogP contribution in [-0.2, 0) is 6.42 Å². The zero-order chi connectivity index (χ0) is 12.8. The highest BCUT2D eigenvalue weighted by atomic mass is 16.5. The molecule has 0 atom stereocenters. The summed E-state index contributed by atoms with van der Waals surface area (Å²) in [5.74, 6) is 2.31. The van der Waals surface area contributed by atoms with Crippen molar-refractivity contribution in [2.24, 2.45) is 0 Å². The van der Waals surface area contributed by atoms with Crippen molar-refractivity contribution >= 4 is 5.95 Å². The van der Waals surface area contributed by atoms with Gasteiger partial charge in [0.05, 0.1) is 20.3 Å². The van der Waals surface area contributed by atoms with E-state index >= 15 is 0 Å². The molecule has 0 spiro atoms. The fourth-order valence-electron chi connectivity index (χ4n) is 1.42. The number of anilines is 1. The normalized spacial score (nSPS) is 10.1. The minimum atomic E-state index is 0.461. The van der Waals surface area contributed by atoms with Gasteiger partial charge < -0.3 is 19.8 Å². The number of H-pyrrole nitrogens is 1. The van der Waals surface area contributed by atoms with Gasteiger partial charge in [-0.05, 0) is 0 Å². The molecule has 2 aromatic rings. The molecule has 2 rings (SSSR count). The molecule has 0 aliphatic heterocycles. The van der Waals surface area contributed by atoms with E-state index in [0.29, 0.717) is 24.3 Å². The van der Waals surface area contributed by atoms with Gasteiger partial charge in [0, 0.05) is 25.4 Å². The molecule has 0 aliphatic rings. The fourth-order valence-corrected chi connectivity index (χ4v) is 1.42. The van der Waals surface area contributed by atoms with E-state index in [1.165, 1.54) is 0 Å². The third-order valence-corrected chi connectivity index (χ3v) is 2.30. The molecule has 0 aliphatic carbocycles. The molecule has 7 nitrogen and oxygen atoms in total. The molecule has 18 heavy (non-hydrogen) atoms. The lowest BCUT2D eigenvalue weighted by atomic mass is 10.4. The van der Waals surface area contributed by atoms with Gasteiger partial charge in [0.15, 0.2) is 0 Å². The van der Waals surface area contributed by atoms with Crippen molar-refractivity contribution in [2.45, 2.75) is 6.42 Å². The summed E-state index contributed by atoms with van der Waals surface area (Å²) >= 11 is 0. The Bertz CT molecular complexity index is 464. The molecule has 0 fully saturated rings. The van der Waals surface area contributed by atoms with E-state index in [4.69, 9.17) is 9.47 Å². The van der Waals surface area contributed by atoms with E-state index < -0.39 is 0 Å². The number of aromatic amines is 1. The molecule has 0 aromatic carbocycles. The average molecular weight is 249 g/mol. The Kier molecular flexibility index (Phi) is 3.95. The number of hydrogen-bond donors (Lipinski definition) is 2. The largest absolute Gasteiger partial charge is 0.481 e. The van der Waals surface area contributed by atoms with Gasteiger partial charge in [-0.1, -0.05) is 0 Å². The first kappa shape index (κ1) is 12.2. The van der Waals surface area contributed by atoms with Crippen LogP contribution >= 0.6 is 0 Å². The molecular weight excluding hydrogens is 234 g/mol. The van der Waals surface area contributed by atoms with Gasteiger partial charge in [0.2, 0.25) is 17.7 Å². The van der Waals surface area contributed by atoms with Gasteiger partial charge in [-0.15, -0.1) is 0 Å². The zero-order valence-corrected chi connectivity index (χ0v) is 10.3. The summed E-state index contributed by atoms with van der Waals surface area (Å²) in [5.41, 5.74) is 0. The molecule has 7 heteroatoms. The Labute approximate surface area is 105 Å². The lowest BCUT2D eigenvalue weighted by molar-refractivity contribution is 0.373. The third kappa shape index (κ3) is 3.09. The highest BCUT2D eigenvalue weighted by Gasteiger charge is 2.04. The Morgan fingerprint density at radius 3 is 2.50 bits per heavy atom. The molecule has 96 valence electrons. The van der Waals surface area contributed by atoms with E-state index in [2.05, 4.69) is 25.3 Å². The number of hydrogen-bond acceptors (Lipinski definition) is 6. The Hall–Kier alpha value is -2.31. The van der Waals surface area contributed by atoms with Gasteiger partial charge in [0.1, 0.15) is 5.82 Å². The number of methoxy groups -OCH3 is 2. The molecule has 0 unspecified atom stereocenters. The molecule has 0 saturated carbocycles. The zero-order valence-electron chi connectivity index (χ0n) is 10.3. The number of aromatic nitrogens is 4. The smallest absolute Gasteiger partial charge is 0.229 e. The van der Waals surface area contributed by atoms with Crippen LogP contribution in [0.25, 0.3) is 0 Å². The summed E-state index contributed by atoms with van der Waals surface area (Å²) in [7, 11) is 3.10. The monoisotopic (exact) mass is 249 g/mol. The SMILES string of the molecule is COc1cc(OC)nc(NCCc2ncc[nH]2)n1. The maximum Gasteiger partial charge on any atom is 0.229 e. The van der Waals surface area contributed by atoms with E-state index in [9.17, 15) is 0 Å². The van der Waals surface area contributed by atoms with Gasteiger partial charge in [-0.25, -0.2) is 4.98 Å². The molecule has 0 bridgehead atoms. The standard InChI is InChI=1S/C11H15N5O2/c1-17-9-7-10(18-2)16-11(15-9)14-4-3-8-12-5-6-13-8/h5-7H,3-4H2,1-2H3,(H,12,13)(H,14,15,16). The first-order chi connectivity index (χ1) is 8.81. The predicted octanol–water partition coefficient (Wildman–Crippen LogP) is 0.871. The van der Waals surface area contributed by atoms with E-state index in [1.54, 1.807) is 32.7 Å². The summed E-state index contributed by atoms with van der Waals surface area (Å²) in [6.45, 7) is 0.670. The maximum atomic E-state index is 5.06. The quantitative estimate of drug-likeness (QED) is 0.790.